The molecule has 3 aromatic rings. The third-order valence-electron chi connectivity index (χ3n) is 4.93. The number of benzene rings is 2. The fourth-order valence-corrected chi connectivity index (χ4v) is 3.65. The van der Waals surface area contributed by atoms with Gasteiger partial charge in [-0.25, -0.2) is 0 Å². The molecule has 0 aliphatic carbocycles. The number of anilines is 1. The summed E-state index contributed by atoms with van der Waals surface area (Å²) in [6.07, 6.45) is 0. The molecule has 1 atom stereocenters. The van der Waals surface area contributed by atoms with Crippen molar-refractivity contribution in [3.63, 3.8) is 0 Å². The largest absolute Gasteiger partial charge is 0.507 e. The molecule has 0 bridgehead atoms. The Morgan fingerprint density at radius 2 is 1.84 bits per heavy atom. The molecule has 31 heavy (non-hydrogen) atoms. The van der Waals surface area contributed by atoms with Gasteiger partial charge >= 0.3 is 5.91 Å². The first kappa shape index (κ1) is 20.7. The third kappa shape index (κ3) is 3.80. The Kier molecular flexibility index (Phi) is 5.52. The van der Waals surface area contributed by atoms with Crippen LogP contribution in [0.2, 0.25) is 5.02 Å². The highest BCUT2D eigenvalue weighted by Crippen LogP contribution is 2.42. The second-order valence-electron chi connectivity index (χ2n) is 6.97. The van der Waals surface area contributed by atoms with E-state index in [1.165, 1.54) is 4.90 Å². The van der Waals surface area contributed by atoms with Crippen LogP contribution in [0.3, 0.4) is 0 Å². The number of ketones is 1. The van der Waals surface area contributed by atoms with Crippen LogP contribution in [0.1, 0.15) is 29.9 Å². The molecule has 1 aromatic heterocycles. The highest BCUT2D eigenvalue weighted by atomic mass is 35.5. The van der Waals surface area contributed by atoms with Crippen LogP contribution in [-0.2, 0) is 9.59 Å². The predicted molar refractivity (Wildman–Crippen MR) is 115 cm³/mol. The number of aliphatic hydroxyl groups is 1. The van der Waals surface area contributed by atoms with Crippen molar-refractivity contribution >= 4 is 34.9 Å². The smallest absolute Gasteiger partial charge is 0.301 e. The third-order valence-corrected chi connectivity index (χ3v) is 5.18. The van der Waals surface area contributed by atoms with Crippen molar-refractivity contribution in [3.05, 3.63) is 82.1 Å². The van der Waals surface area contributed by atoms with Gasteiger partial charge in [-0.2, -0.15) is 0 Å². The molecule has 158 valence electrons. The Hall–Kier alpha value is -3.58. The monoisotopic (exact) mass is 438 g/mol. The predicted octanol–water partition coefficient (Wildman–Crippen LogP) is 4.66. The number of Topliss-reactive ketones (excluding diaryl/α,β-unsaturated/α-hetero) is 1. The Morgan fingerprint density at radius 3 is 2.42 bits per heavy atom. The second kappa shape index (κ2) is 8.28. The van der Waals surface area contributed by atoms with E-state index in [1.807, 2.05) is 6.92 Å². The molecule has 4 rings (SSSR count). The van der Waals surface area contributed by atoms with Crippen LogP contribution < -0.4 is 9.64 Å². The van der Waals surface area contributed by atoms with Gasteiger partial charge in [-0.3, -0.25) is 14.5 Å². The molecule has 1 saturated heterocycles. The van der Waals surface area contributed by atoms with Gasteiger partial charge in [0.05, 0.1) is 18.2 Å². The van der Waals surface area contributed by atoms with Gasteiger partial charge in [0.2, 0.25) is 0 Å². The topological polar surface area (TPSA) is 92.9 Å². The summed E-state index contributed by atoms with van der Waals surface area (Å²) in [6, 6.07) is 14.0. The second-order valence-corrected chi connectivity index (χ2v) is 7.41. The van der Waals surface area contributed by atoms with Gasteiger partial charge < -0.3 is 14.4 Å². The molecule has 1 N–H and O–H groups in total. The van der Waals surface area contributed by atoms with Gasteiger partial charge in [0.25, 0.3) is 5.78 Å². The lowest BCUT2D eigenvalue weighted by molar-refractivity contribution is -0.132. The molecular weight excluding hydrogens is 420 g/mol. The summed E-state index contributed by atoms with van der Waals surface area (Å²) in [5.74, 6) is -0.585. The molecule has 1 amide bonds. The first-order valence-corrected chi connectivity index (χ1v) is 10.0. The summed E-state index contributed by atoms with van der Waals surface area (Å²) >= 11 is 5.94. The maximum Gasteiger partial charge on any atom is 0.301 e. The molecule has 1 unspecified atom stereocenters. The van der Waals surface area contributed by atoms with E-state index in [1.54, 1.807) is 61.5 Å². The van der Waals surface area contributed by atoms with E-state index in [9.17, 15) is 14.7 Å². The van der Waals surface area contributed by atoms with E-state index in [4.69, 9.17) is 20.9 Å². The minimum atomic E-state index is -0.893. The Morgan fingerprint density at radius 1 is 1.16 bits per heavy atom. The SMILES string of the molecule is CCOc1ccc(C2C(=C(O)c3ccc(Cl)cc3)C(=O)C(=O)N2c2cc(C)on2)cc1. The van der Waals surface area contributed by atoms with E-state index in [-0.39, 0.29) is 17.2 Å². The maximum atomic E-state index is 13.0. The highest BCUT2D eigenvalue weighted by molar-refractivity contribution is 6.51. The zero-order chi connectivity index (χ0) is 22.1. The lowest BCUT2D eigenvalue weighted by atomic mass is 9.95. The number of rotatable bonds is 5. The summed E-state index contributed by atoms with van der Waals surface area (Å²) in [4.78, 5) is 27.2. The number of nitrogens with zero attached hydrogens (tertiary/aromatic N) is 2. The van der Waals surface area contributed by atoms with Crippen LogP contribution >= 0.6 is 11.6 Å². The summed E-state index contributed by atoms with van der Waals surface area (Å²) in [5, 5.41) is 15.4. The minimum absolute atomic E-state index is 0.0443. The Bertz CT molecular complexity index is 1170. The van der Waals surface area contributed by atoms with Crippen molar-refractivity contribution in [2.75, 3.05) is 11.5 Å². The number of hydrogen-bond acceptors (Lipinski definition) is 6. The van der Waals surface area contributed by atoms with Crippen molar-refractivity contribution in [2.24, 2.45) is 0 Å². The zero-order valence-electron chi connectivity index (χ0n) is 16.8. The number of aromatic nitrogens is 1. The fourth-order valence-electron chi connectivity index (χ4n) is 3.53. The lowest BCUT2D eigenvalue weighted by Gasteiger charge is -2.23. The summed E-state index contributed by atoms with van der Waals surface area (Å²) in [6.45, 7) is 4.07. The summed E-state index contributed by atoms with van der Waals surface area (Å²) in [5.41, 5.74) is 0.936. The summed E-state index contributed by atoms with van der Waals surface area (Å²) < 4.78 is 10.6. The molecule has 0 spiro atoms. The van der Waals surface area contributed by atoms with Crippen LogP contribution in [0.15, 0.2) is 64.7 Å². The Labute approximate surface area is 183 Å². The number of ether oxygens (including phenoxy) is 1. The van der Waals surface area contributed by atoms with Crippen molar-refractivity contribution < 1.29 is 24.0 Å². The van der Waals surface area contributed by atoms with Crippen molar-refractivity contribution in [1.29, 1.82) is 0 Å². The van der Waals surface area contributed by atoms with Crippen LogP contribution in [-0.4, -0.2) is 28.6 Å². The molecule has 0 radical (unpaired) electrons. The van der Waals surface area contributed by atoms with E-state index >= 15 is 0 Å². The van der Waals surface area contributed by atoms with E-state index < -0.39 is 17.7 Å². The van der Waals surface area contributed by atoms with Crippen LogP contribution in [0, 0.1) is 6.92 Å². The van der Waals surface area contributed by atoms with Gasteiger partial charge in [-0.05, 0) is 55.8 Å². The molecule has 8 heteroatoms. The summed E-state index contributed by atoms with van der Waals surface area (Å²) in [7, 11) is 0. The molecule has 1 aliphatic heterocycles. The van der Waals surface area contributed by atoms with Gasteiger partial charge in [-0.15, -0.1) is 0 Å². The fraction of sp³-hybridized carbons (Fsp3) is 0.174. The zero-order valence-corrected chi connectivity index (χ0v) is 17.6. The number of aliphatic hydroxyl groups excluding tert-OH is 1. The molecule has 1 fully saturated rings. The van der Waals surface area contributed by atoms with Crippen LogP contribution in [0.4, 0.5) is 5.82 Å². The van der Waals surface area contributed by atoms with Crippen molar-refractivity contribution in [1.82, 2.24) is 5.16 Å². The number of halogens is 1. The van der Waals surface area contributed by atoms with Crippen molar-refractivity contribution in [2.45, 2.75) is 19.9 Å². The normalized spacial score (nSPS) is 17.9. The number of amides is 1. The van der Waals surface area contributed by atoms with Gasteiger partial charge in [0, 0.05) is 16.7 Å². The number of carbonyl (C=O) groups is 2. The van der Waals surface area contributed by atoms with Gasteiger partial charge in [-0.1, -0.05) is 28.9 Å². The Balaban J connectivity index is 1.89. The van der Waals surface area contributed by atoms with E-state index in [0.29, 0.717) is 34.3 Å². The van der Waals surface area contributed by atoms with Crippen LogP contribution in [0.25, 0.3) is 5.76 Å². The number of aryl methyl sites for hydroxylation is 1. The molecule has 2 aromatic carbocycles. The number of hydrogen-bond donors (Lipinski definition) is 1. The van der Waals surface area contributed by atoms with Gasteiger partial charge in [0.15, 0.2) is 5.82 Å². The minimum Gasteiger partial charge on any atom is -0.507 e. The average Bonchev–Trinajstić information content (AvgIpc) is 3.30. The van der Waals surface area contributed by atoms with Gasteiger partial charge in [0.1, 0.15) is 17.3 Å². The van der Waals surface area contributed by atoms with Crippen molar-refractivity contribution in [3.8, 4) is 5.75 Å². The number of carbonyl (C=O) groups excluding carboxylic acids is 2. The molecule has 1 aliphatic rings. The molecular formula is C23H19ClN2O5. The first-order chi connectivity index (χ1) is 14.9. The first-order valence-electron chi connectivity index (χ1n) is 9.63. The van der Waals surface area contributed by atoms with Crippen LogP contribution in [0.5, 0.6) is 5.75 Å². The molecule has 7 nitrogen and oxygen atoms in total. The quantitative estimate of drug-likeness (QED) is 0.354. The van der Waals surface area contributed by atoms with E-state index in [0.717, 1.165) is 0 Å². The standard InChI is InChI=1S/C23H19ClN2O5/c1-3-30-17-10-6-14(7-11-17)20-19(21(27)15-4-8-16(24)9-5-15)22(28)23(29)26(20)18-12-13(2)31-25-18/h4-12,20,27H,3H2,1-2H3. The highest BCUT2D eigenvalue weighted by Gasteiger charge is 2.48. The molecule has 0 saturated carbocycles. The maximum absolute atomic E-state index is 13.0. The lowest BCUT2D eigenvalue weighted by Crippen LogP contribution is -2.29. The van der Waals surface area contributed by atoms with E-state index in [2.05, 4.69) is 5.16 Å². The molecule has 2 heterocycles. The average molecular weight is 439 g/mol.